The molecule has 2 heterocycles. The number of hydrogen-bond acceptors (Lipinski definition) is 4. The number of thiophene rings is 1. The molecule has 0 saturated carbocycles. The molecule has 26 heavy (non-hydrogen) atoms. The van der Waals surface area contributed by atoms with Crippen LogP contribution in [-0.2, 0) is 11.3 Å². The molecular formula is C20H20N2O3S. The molecule has 134 valence electrons. The SMILES string of the molecule is C=CCN(Cc1cccs1)C(=O)CCN1C(=O)c2ccc(C)cc2C1=O. The first-order valence-electron chi connectivity index (χ1n) is 8.39. The molecule has 0 N–H and O–H groups in total. The van der Waals surface area contributed by atoms with Gasteiger partial charge in [-0.15, -0.1) is 17.9 Å². The maximum absolute atomic E-state index is 12.6. The fraction of sp³-hybridized carbons (Fsp3) is 0.250. The quantitative estimate of drug-likeness (QED) is 0.557. The van der Waals surface area contributed by atoms with Gasteiger partial charge in [0.15, 0.2) is 0 Å². The molecule has 0 radical (unpaired) electrons. The molecule has 0 bridgehead atoms. The first-order chi connectivity index (χ1) is 12.5. The van der Waals surface area contributed by atoms with Crippen molar-refractivity contribution in [3.05, 3.63) is 69.9 Å². The molecule has 1 aromatic carbocycles. The average molecular weight is 368 g/mol. The van der Waals surface area contributed by atoms with Crippen molar-refractivity contribution in [3.8, 4) is 0 Å². The molecule has 0 saturated heterocycles. The lowest BCUT2D eigenvalue weighted by Crippen LogP contribution is -2.36. The van der Waals surface area contributed by atoms with Crippen LogP contribution < -0.4 is 0 Å². The van der Waals surface area contributed by atoms with Gasteiger partial charge in [-0.2, -0.15) is 0 Å². The first-order valence-corrected chi connectivity index (χ1v) is 9.27. The second kappa shape index (κ2) is 7.66. The maximum atomic E-state index is 12.6. The molecule has 0 aliphatic carbocycles. The first kappa shape index (κ1) is 18.1. The van der Waals surface area contributed by atoms with Gasteiger partial charge < -0.3 is 4.90 Å². The van der Waals surface area contributed by atoms with Crippen LogP contribution in [0, 0.1) is 6.92 Å². The monoisotopic (exact) mass is 368 g/mol. The fourth-order valence-electron chi connectivity index (χ4n) is 2.97. The molecule has 0 atom stereocenters. The highest BCUT2D eigenvalue weighted by molar-refractivity contribution is 7.09. The third-order valence-electron chi connectivity index (χ3n) is 4.30. The minimum Gasteiger partial charge on any atom is -0.334 e. The largest absolute Gasteiger partial charge is 0.334 e. The Morgan fingerprint density at radius 2 is 2.00 bits per heavy atom. The highest BCUT2D eigenvalue weighted by atomic mass is 32.1. The van der Waals surface area contributed by atoms with E-state index in [-0.39, 0.29) is 30.7 Å². The minimum atomic E-state index is -0.327. The maximum Gasteiger partial charge on any atom is 0.261 e. The smallest absolute Gasteiger partial charge is 0.261 e. The van der Waals surface area contributed by atoms with Crippen molar-refractivity contribution in [2.75, 3.05) is 13.1 Å². The molecule has 0 unspecified atom stereocenters. The topological polar surface area (TPSA) is 57.7 Å². The summed E-state index contributed by atoms with van der Waals surface area (Å²) >= 11 is 1.58. The summed E-state index contributed by atoms with van der Waals surface area (Å²) in [7, 11) is 0. The van der Waals surface area contributed by atoms with E-state index in [1.165, 1.54) is 4.90 Å². The highest BCUT2D eigenvalue weighted by Gasteiger charge is 2.35. The Kier molecular flexibility index (Phi) is 5.32. The lowest BCUT2D eigenvalue weighted by Gasteiger charge is -2.22. The van der Waals surface area contributed by atoms with Gasteiger partial charge in [-0.1, -0.05) is 23.8 Å². The van der Waals surface area contributed by atoms with Crippen LogP contribution in [0.2, 0.25) is 0 Å². The summed E-state index contributed by atoms with van der Waals surface area (Å²) in [5.41, 5.74) is 1.76. The summed E-state index contributed by atoms with van der Waals surface area (Å²) in [6.45, 7) is 6.60. The van der Waals surface area contributed by atoms with Crippen molar-refractivity contribution in [2.24, 2.45) is 0 Å². The molecule has 5 nitrogen and oxygen atoms in total. The Morgan fingerprint density at radius 1 is 1.23 bits per heavy atom. The number of benzene rings is 1. The van der Waals surface area contributed by atoms with E-state index in [1.54, 1.807) is 34.4 Å². The number of hydrogen-bond donors (Lipinski definition) is 0. The second-order valence-electron chi connectivity index (χ2n) is 6.20. The molecule has 6 heteroatoms. The van der Waals surface area contributed by atoms with Gasteiger partial charge in [0.2, 0.25) is 5.91 Å². The van der Waals surface area contributed by atoms with Gasteiger partial charge >= 0.3 is 0 Å². The lowest BCUT2D eigenvalue weighted by atomic mass is 10.1. The van der Waals surface area contributed by atoms with Gasteiger partial charge in [-0.3, -0.25) is 19.3 Å². The van der Waals surface area contributed by atoms with Gasteiger partial charge in [-0.25, -0.2) is 0 Å². The van der Waals surface area contributed by atoms with E-state index in [2.05, 4.69) is 6.58 Å². The molecule has 2 aromatic rings. The number of amides is 3. The van der Waals surface area contributed by atoms with E-state index < -0.39 is 0 Å². The van der Waals surface area contributed by atoms with E-state index in [9.17, 15) is 14.4 Å². The average Bonchev–Trinajstić information content (AvgIpc) is 3.21. The van der Waals surface area contributed by atoms with Gasteiger partial charge in [0.1, 0.15) is 0 Å². The van der Waals surface area contributed by atoms with Gasteiger partial charge in [0.05, 0.1) is 17.7 Å². The Morgan fingerprint density at radius 3 is 2.69 bits per heavy atom. The summed E-state index contributed by atoms with van der Waals surface area (Å²) in [4.78, 5) is 41.5. The minimum absolute atomic E-state index is 0.0856. The number of fused-ring (bicyclic) bond motifs is 1. The van der Waals surface area contributed by atoms with Crippen molar-refractivity contribution in [1.82, 2.24) is 9.80 Å². The lowest BCUT2D eigenvalue weighted by molar-refractivity contribution is -0.131. The van der Waals surface area contributed by atoms with Crippen LogP contribution in [0.15, 0.2) is 48.4 Å². The van der Waals surface area contributed by atoms with Crippen LogP contribution in [0.5, 0.6) is 0 Å². The van der Waals surface area contributed by atoms with Crippen molar-refractivity contribution in [1.29, 1.82) is 0 Å². The number of aryl methyl sites for hydroxylation is 1. The van der Waals surface area contributed by atoms with Crippen LogP contribution in [-0.4, -0.2) is 40.6 Å². The van der Waals surface area contributed by atoms with Crippen LogP contribution >= 0.6 is 11.3 Å². The molecule has 0 fully saturated rings. The Labute approximate surface area is 156 Å². The number of rotatable bonds is 7. The Balaban J connectivity index is 1.66. The summed E-state index contributed by atoms with van der Waals surface area (Å²) < 4.78 is 0. The molecule has 1 aliphatic heterocycles. The second-order valence-corrected chi connectivity index (χ2v) is 7.24. The zero-order chi connectivity index (χ0) is 18.7. The fourth-order valence-corrected chi connectivity index (χ4v) is 3.69. The summed E-state index contributed by atoms with van der Waals surface area (Å²) in [6, 6.07) is 9.12. The Bertz CT molecular complexity index is 858. The summed E-state index contributed by atoms with van der Waals surface area (Å²) in [5.74, 6) is -0.757. The summed E-state index contributed by atoms with van der Waals surface area (Å²) in [6.07, 6.45) is 1.78. The highest BCUT2D eigenvalue weighted by Crippen LogP contribution is 2.24. The third-order valence-corrected chi connectivity index (χ3v) is 5.17. The van der Waals surface area contributed by atoms with Gasteiger partial charge in [0, 0.05) is 24.4 Å². The van der Waals surface area contributed by atoms with Crippen molar-refractivity contribution >= 4 is 29.1 Å². The van der Waals surface area contributed by atoms with E-state index in [4.69, 9.17) is 0 Å². The zero-order valence-corrected chi connectivity index (χ0v) is 15.4. The predicted octanol–water partition coefficient (Wildman–Crippen LogP) is 3.26. The van der Waals surface area contributed by atoms with E-state index >= 15 is 0 Å². The van der Waals surface area contributed by atoms with Crippen molar-refractivity contribution < 1.29 is 14.4 Å². The zero-order valence-electron chi connectivity index (χ0n) is 14.6. The van der Waals surface area contributed by atoms with Gasteiger partial charge in [0.25, 0.3) is 11.8 Å². The normalized spacial score (nSPS) is 13.0. The van der Waals surface area contributed by atoms with Crippen molar-refractivity contribution in [2.45, 2.75) is 19.9 Å². The molecule has 3 rings (SSSR count). The molecular weight excluding hydrogens is 348 g/mol. The third kappa shape index (κ3) is 3.60. The standard InChI is InChI=1S/C20H20N2O3S/c1-3-9-21(13-15-5-4-11-26-15)18(23)8-10-22-19(24)16-7-6-14(2)12-17(16)20(22)25/h3-7,11-12H,1,8-10,13H2,2H3. The number of imide groups is 1. The van der Waals surface area contributed by atoms with Crippen LogP contribution in [0.25, 0.3) is 0 Å². The van der Waals surface area contributed by atoms with Crippen LogP contribution in [0.4, 0.5) is 0 Å². The van der Waals surface area contributed by atoms with E-state index in [0.29, 0.717) is 24.2 Å². The van der Waals surface area contributed by atoms with Crippen LogP contribution in [0.3, 0.4) is 0 Å². The predicted molar refractivity (Wildman–Crippen MR) is 101 cm³/mol. The number of carbonyl (C=O) groups excluding carboxylic acids is 3. The molecule has 1 aliphatic rings. The van der Waals surface area contributed by atoms with E-state index in [1.807, 2.05) is 30.5 Å². The van der Waals surface area contributed by atoms with E-state index in [0.717, 1.165) is 10.4 Å². The molecule has 1 aromatic heterocycles. The Hall–Kier alpha value is -2.73. The number of nitrogens with zero attached hydrogens (tertiary/aromatic N) is 2. The van der Waals surface area contributed by atoms with Crippen LogP contribution in [0.1, 0.15) is 37.6 Å². The van der Waals surface area contributed by atoms with Gasteiger partial charge in [-0.05, 0) is 30.5 Å². The number of carbonyl (C=O) groups is 3. The van der Waals surface area contributed by atoms with Crippen molar-refractivity contribution in [3.63, 3.8) is 0 Å². The summed E-state index contributed by atoms with van der Waals surface area (Å²) in [5, 5.41) is 1.96. The molecule has 3 amide bonds. The molecule has 0 spiro atoms.